The van der Waals surface area contributed by atoms with Crippen LogP contribution in [0.5, 0.6) is 0 Å². The fraction of sp³-hybridized carbons (Fsp3) is 0. The molecule has 1 rings (SSSR count). The molecule has 0 fully saturated rings. The minimum atomic E-state index is 1.32. The zero-order valence-corrected chi connectivity index (χ0v) is 6.13. The van der Waals surface area contributed by atoms with Gasteiger partial charge < -0.3 is 0 Å². The maximum atomic E-state index is 2.49. The minimum absolute atomic E-state index is 1.32. The summed E-state index contributed by atoms with van der Waals surface area (Å²) in [5.41, 5.74) is 0. The number of hydrogen-bond acceptors (Lipinski definition) is 1. The molecular formula is C5H4RuS+. The van der Waals surface area contributed by atoms with E-state index < -0.39 is 0 Å². The van der Waals surface area contributed by atoms with Gasteiger partial charge in [-0.15, -0.1) is 0 Å². The van der Waals surface area contributed by atoms with Crippen LogP contribution in [0, 0.1) is 0 Å². The number of thiophene rings is 1. The molecule has 0 aliphatic heterocycles. The van der Waals surface area contributed by atoms with Crippen LogP contribution in [0.1, 0.15) is 4.88 Å². The molecule has 0 atom stereocenters. The zero-order chi connectivity index (χ0) is 5.11. The number of rotatable bonds is 1. The van der Waals surface area contributed by atoms with Gasteiger partial charge in [0, 0.05) is 0 Å². The van der Waals surface area contributed by atoms with Crippen LogP contribution < -0.4 is 0 Å². The first-order valence-corrected chi connectivity index (χ1v) is 3.77. The molecule has 0 N–H and O–H groups in total. The van der Waals surface area contributed by atoms with E-state index in [2.05, 4.69) is 29.3 Å². The summed E-state index contributed by atoms with van der Waals surface area (Å²) in [4.78, 5) is 1.32. The molecule has 0 saturated heterocycles. The van der Waals surface area contributed by atoms with E-state index in [9.17, 15) is 0 Å². The molecule has 0 nitrogen and oxygen atoms in total. The van der Waals surface area contributed by atoms with Crippen LogP contribution in [0.2, 0.25) is 0 Å². The predicted octanol–water partition coefficient (Wildman–Crippen LogP) is 1.45. The summed E-state index contributed by atoms with van der Waals surface area (Å²) in [5.74, 6) is 0. The molecule has 1 heterocycles. The third-order valence-corrected chi connectivity index (χ3v) is 2.33. The molecule has 0 aliphatic carbocycles. The topological polar surface area (TPSA) is 0 Å². The quantitative estimate of drug-likeness (QED) is 0.598. The van der Waals surface area contributed by atoms with Crippen LogP contribution in [0.3, 0.4) is 0 Å². The second-order valence-corrected chi connectivity index (χ2v) is 2.60. The van der Waals surface area contributed by atoms with E-state index in [-0.39, 0.29) is 0 Å². The van der Waals surface area contributed by atoms with E-state index in [0.29, 0.717) is 0 Å². The molecule has 0 amide bonds. The summed E-state index contributed by atoms with van der Waals surface area (Å²) in [6.45, 7) is 0. The predicted molar refractivity (Wildman–Crippen MR) is 29.5 cm³/mol. The van der Waals surface area contributed by atoms with E-state index in [1.54, 1.807) is 11.3 Å². The fourth-order valence-corrected chi connectivity index (χ4v) is 1.39. The summed E-state index contributed by atoms with van der Waals surface area (Å²) in [5, 5.41) is 2.07. The second kappa shape index (κ2) is 2.49. The van der Waals surface area contributed by atoms with Crippen molar-refractivity contribution in [3.05, 3.63) is 22.4 Å². The van der Waals surface area contributed by atoms with Crippen molar-refractivity contribution in [3.63, 3.8) is 0 Å². The Bertz CT molecular complexity index is 143. The van der Waals surface area contributed by atoms with Crippen molar-refractivity contribution < 1.29 is 17.9 Å². The van der Waals surface area contributed by atoms with Gasteiger partial charge in [-0.3, -0.25) is 0 Å². The Morgan fingerprint density at radius 2 is 2.57 bits per heavy atom. The van der Waals surface area contributed by atoms with Crippen molar-refractivity contribution in [1.29, 1.82) is 0 Å². The zero-order valence-electron chi connectivity index (χ0n) is 3.57. The Kier molecular flexibility index (Phi) is 1.90. The van der Waals surface area contributed by atoms with Gasteiger partial charge in [-0.1, -0.05) is 0 Å². The van der Waals surface area contributed by atoms with Gasteiger partial charge in [0.05, 0.1) is 0 Å². The average molecular weight is 197 g/mol. The van der Waals surface area contributed by atoms with Gasteiger partial charge in [-0.2, -0.15) is 0 Å². The van der Waals surface area contributed by atoms with Gasteiger partial charge >= 0.3 is 56.2 Å². The molecule has 0 unspecified atom stereocenters. The monoisotopic (exact) mass is 198 g/mol. The van der Waals surface area contributed by atoms with Gasteiger partial charge in [0.1, 0.15) is 0 Å². The first kappa shape index (κ1) is 5.33. The van der Waals surface area contributed by atoms with Gasteiger partial charge in [-0.05, 0) is 0 Å². The van der Waals surface area contributed by atoms with E-state index in [0.717, 1.165) is 0 Å². The van der Waals surface area contributed by atoms with E-state index in [1.165, 1.54) is 4.88 Å². The molecule has 1 aromatic heterocycles. The maximum absolute atomic E-state index is 2.49. The van der Waals surface area contributed by atoms with Crippen LogP contribution in [0.25, 0.3) is 0 Å². The molecule has 0 spiro atoms. The molecule has 37 valence electrons. The summed E-state index contributed by atoms with van der Waals surface area (Å²) in [6, 6.07) is 4.13. The van der Waals surface area contributed by atoms with E-state index in [1.807, 2.05) is 10.7 Å². The standard InChI is InChI=1S/C5H4S.Ru/c1-5-3-2-4-6-5;/h1-4H;/q;+1. The van der Waals surface area contributed by atoms with Crippen LogP contribution in [-0.4, -0.2) is 4.61 Å². The molecule has 0 radical (unpaired) electrons. The second-order valence-electron chi connectivity index (χ2n) is 1.12. The Labute approximate surface area is 56.4 Å². The molecular weight excluding hydrogens is 193 g/mol. The molecule has 7 heavy (non-hydrogen) atoms. The van der Waals surface area contributed by atoms with Crippen molar-refractivity contribution in [3.8, 4) is 0 Å². The first-order valence-electron chi connectivity index (χ1n) is 1.89. The fourth-order valence-electron chi connectivity index (χ4n) is 0.349. The van der Waals surface area contributed by atoms with Crippen LogP contribution in [0.4, 0.5) is 0 Å². The SMILES string of the molecule is [Ru+]=[CH]c1cccs1. The van der Waals surface area contributed by atoms with Gasteiger partial charge in [0.25, 0.3) is 0 Å². The molecule has 0 saturated carbocycles. The third kappa shape index (κ3) is 1.29. The van der Waals surface area contributed by atoms with Crippen molar-refractivity contribution in [2.75, 3.05) is 0 Å². The summed E-state index contributed by atoms with van der Waals surface area (Å²) >= 11 is 4.24. The Hall–Kier alpha value is 0.193. The molecule has 0 bridgehead atoms. The summed E-state index contributed by atoms with van der Waals surface area (Å²) in [6.07, 6.45) is 0. The molecule has 1 aromatic rings. The van der Waals surface area contributed by atoms with E-state index >= 15 is 0 Å². The molecule has 0 aromatic carbocycles. The van der Waals surface area contributed by atoms with Gasteiger partial charge in [0.15, 0.2) is 0 Å². The van der Waals surface area contributed by atoms with Crippen molar-refractivity contribution in [2.24, 2.45) is 0 Å². The van der Waals surface area contributed by atoms with Gasteiger partial charge in [-0.25, -0.2) is 0 Å². The van der Waals surface area contributed by atoms with Crippen LogP contribution in [-0.2, 0) is 17.9 Å². The Morgan fingerprint density at radius 1 is 1.71 bits per heavy atom. The van der Waals surface area contributed by atoms with Crippen LogP contribution in [0.15, 0.2) is 17.5 Å². The first-order chi connectivity index (χ1) is 3.43. The van der Waals surface area contributed by atoms with Crippen molar-refractivity contribution in [1.82, 2.24) is 0 Å². The summed E-state index contributed by atoms with van der Waals surface area (Å²) < 4.78 is 2.03. The molecule has 0 aliphatic rings. The normalized spacial score (nSPS) is 8.57. The number of hydrogen-bond donors (Lipinski definition) is 0. The van der Waals surface area contributed by atoms with Crippen molar-refractivity contribution in [2.45, 2.75) is 0 Å². The van der Waals surface area contributed by atoms with E-state index in [4.69, 9.17) is 0 Å². The van der Waals surface area contributed by atoms with Gasteiger partial charge in [0.2, 0.25) is 0 Å². The average Bonchev–Trinajstić information content (AvgIpc) is 2.14. The molecule has 2 heteroatoms. The third-order valence-electron chi connectivity index (χ3n) is 0.644. The Balaban J connectivity index is 2.96. The Morgan fingerprint density at radius 3 is 2.86 bits per heavy atom. The van der Waals surface area contributed by atoms with Crippen LogP contribution >= 0.6 is 11.3 Å². The summed E-state index contributed by atoms with van der Waals surface area (Å²) in [7, 11) is 0. The van der Waals surface area contributed by atoms with Crippen molar-refractivity contribution >= 4 is 15.9 Å².